The van der Waals surface area contributed by atoms with Gasteiger partial charge in [0.2, 0.25) is 0 Å². The number of nitrogens with one attached hydrogen (secondary N) is 1. The van der Waals surface area contributed by atoms with Crippen molar-refractivity contribution in [1.82, 2.24) is 9.88 Å². The molecular formula is C21H25N5O. The zero-order valence-corrected chi connectivity index (χ0v) is 15.3. The Kier molecular flexibility index (Phi) is 4.39. The highest BCUT2D eigenvalue weighted by atomic mass is 16.3. The lowest BCUT2D eigenvalue weighted by Crippen LogP contribution is -2.34. The number of nitrogens with two attached hydrogens (primary N) is 2. The second kappa shape index (κ2) is 6.87. The van der Waals surface area contributed by atoms with Crippen molar-refractivity contribution < 1.29 is 5.11 Å². The Labute approximate surface area is 158 Å². The number of hydrogen-bond donors (Lipinski definition) is 4. The van der Waals surface area contributed by atoms with Crippen LogP contribution in [0.15, 0.2) is 59.6 Å². The molecule has 2 aromatic rings. The van der Waals surface area contributed by atoms with Gasteiger partial charge in [-0.25, -0.2) is 4.99 Å². The average Bonchev–Trinajstić information content (AvgIpc) is 3.13. The number of aromatic hydroxyl groups is 1. The van der Waals surface area contributed by atoms with Gasteiger partial charge < -0.3 is 26.5 Å². The summed E-state index contributed by atoms with van der Waals surface area (Å²) in [6, 6.07) is 7.27. The standard InChI is InChI=1S/C21H25N5O/c1-13(14-6-3-2-4-7-14)26-11-10-24-21(23)20(26)18(22)16-12-15-8-5-9-17(27)19(15)25-16/h5,8-12,14,25,27H,1-4,6-7,22H2,(H2,23,24)/b20-18-. The summed E-state index contributed by atoms with van der Waals surface area (Å²) >= 11 is 0. The number of amidine groups is 1. The molecule has 1 aliphatic heterocycles. The number of phenolic OH excluding ortho intramolecular Hbond substituents is 1. The van der Waals surface area contributed by atoms with E-state index in [4.69, 9.17) is 11.5 Å². The molecule has 6 N–H and O–H groups in total. The second-order valence-corrected chi connectivity index (χ2v) is 7.20. The maximum atomic E-state index is 10.1. The second-order valence-electron chi connectivity index (χ2n) is 7.20. The Hall–Kier alpha value is -3.15. The number of fused-ring (bicyclic) bond motifs is 1. The van der Waals surface area contributed by atoms with Crippen molar-refractivity contribution in [2.24, 2.45) is 22.4 Å². The van der Waals surface area contributed by atoms with Gasteiger partial charge in [0.05, 0.1) is 16.9 Å². The van der Waals surface area contributed by atoms with E-state index in [2.05, 4.69) is 16.6 Å². The number of H-pyrrole nitrogens is 1. The van der Waals surface area contributed by atoms with Gasteiger partial charge in [-0.05, 0) is 30.9 Å². The summed E-state index contributed by atoms with van der Waals surface area (Å²) in [5, 5.41) is 10.9. The van der Waals surface area contributed by atoms with E-state index in [0.717, 1.165) is 23.9 Å². The van der Waals surface area contributed by atoms with Crippen LogP contribution in [0.5, 0.6) is 5.75 Å². The molecule has 0 amide bonds. The molecule has 140 valence electrons. The number of benzene rings is 1. The van der Waals surface area contributed by atoms with Gasteiger partial charge in [-0.15, -0.1) is 0 Å². The SMILES string of the molecule is C=C(C1CCCCC1)N1C=CN=C(N)/C1=C(/N)c1cc2cccc(O)c2[nH]1. The fourth-order valence-corrected chi connectivity index (χ4v) is 3.99. The lowest BCUT2D eigenvalue weighted by molar-refractivity contribution is 0.353. The van der Waals surface area contributed by atoms with Crippen LogP contribution in [0.25, 0.3) is 16.6 Å². The molecule has 0 saturated heterocycles. The van der Waals surface area contributed by atoms with Gasteiger partial charge in [0, 0.05) is 23.5 Å². The molecule has 1 aliphatic carbocycles. The van der Waals surface area contributed by atoms with Crippen molar-refractivity contribution >= 4 is 22.4 Å². The lowest BCUT2D eigenvalue weighted by Gasteiger charge is -2.34. The predicted octanol–water partition coefficient (Wildman–Crippen LogP) is 3.74. The molecule has 27 heavy (non-hydrogen) atoms. The number of allylic oxidation sites excluding steroid dienone is 1. The molecule has 1 aromatic carbocycles. The van der Waals surface area contributed by atoms with Gasteiger partial charge in [0.25, 0.3) is 0 Å². The zero-order valence-electron chi connectivity index (χ0n) is 15.3. The molecule has 4 rings (SSSR count). The van der Waals surface area contributed by atoms with Crippen LogP contribution in [0.2, 0.25) is 0 Å². The maximum Gasteiger partial charge on any atom is 0.149 e. The first kappa shape index (κ1) is 17.3. The minimum absolute atomic E-state index is 0.185. The fourth-order valence-electron chi connectivity index (χ4n) is 3.99. The van der Waals surface area contributed by atoms with Crippen molar-refractivity contribution in [1.29, 1.82) is 0 Å². The van der Waals surface area contributed by atoms with Crippen molar-refractivity contribution in [3.05, 3.63) is 60.3 Å². The van der Waals surface area contributed by atoms with E-state index in [1.807, 2.05) is 23.2 Å². The Bertz CT molecular complexity index is 976. The van der Waals surface area contributed by atoms with Crippen molar-refractivity contribution in [2.45, 2.75) is 32.1 Å². The summed E-state index contributed by atoms with van der Waals surface area (Å²) < 4.78 is 0. The predicted molar refractivity (Wildman–Crippen MR) is 109 cm³/mol. The Morgan fingerprint density at radius 1 is 1.26 bits per heavy atom. The van der Waals surface area contributed by atoms with E-state index < -0.39 is 0 Å². The smallest absolute Gasteiger partial charge is 0.149 e. The van der Waals surface area contributed by atoms with E-state index in [1.54, 1.807) is 18.3 Å². The van der Waals surface area contributed by atoms with Gasteiger partial charge in [-0.3, -0.25) is 0 Å². The minimum atomic E-state index is 0.185. The van der Waals surface area contributed by atoms with Gasteiger partial charge in [-0.1, -0.05) is 38.0 Å². The van der Waals surface area contributed by atoms with Crippen molar-refractivity contribution in [3.63, 3.8) is 0 Å². The number of rotatable bonds is 3. The first-order valence-corrected chi connectivity index (χ1v) is 9.35. The average molecular weight is 363 g/mol. The number of nitrogens with zero attached hydrogens (tertiary/aromatic N) is 2. The topological polar surface area (TPSA) is 104 Å². The molecule has 1 aromatic heterocycles. The summed E-state index contributed by atoms with van der Waals surface area (Å²) in [7, 11) is 0. The summed E-state index contributed by atoms with van der Waals surface area (Å²) in [6.07, 6.45) is 9.54. The molecule has 1 saturated carbocycles. The van der Waals surface area contributed by atoms with Crippen LogP contribution in [-0.2, 0) is 0 Å². The third kappa shape index (κ3) is 3.07. The molecule has 0 radical (unpaired) electrons. The maximum absolute atomic E-state index is 10.1. The summed E-state index contributed by atoms with van der Waals surface area (Å²) in [5.74, 6) is 0.962. The molecule has 0 atom stereocenters. The van der Waals surface area contributed by atoms with E-state index in [-0.39, 0.29) is 5.75 Å². The zero-order chi connectivity index (χ0) is 19.0. The first-order valence-electron chi connectivity index (χ1n) is 9.35. The van der Waals surface area contributed by atoms with Crippen LogP contribution in [-0.4, -0.2) is 20.8 Å². The van der Waals surface area contributed by atoms with Gasteiger partial charge >= 0.3 is 0 Å². The first-order chi connectivity index (χ1) is 13.1. The number of para-hydroxylation sites is 1. The van der Waals surface area contributed by atoms with Crippen LogP contribution < -0.4 is 11.5 Å². The van der Waals surface area contributed by atoms with Crippen LogP contribution >= 0.6 is 0 Å². The molecule has 0 unspecified atom stereocenters. The summed E-state index contributed by atoms with van der Waals surface area (Å²) in [6.45, 7) is 4.34. The number of aliphatic imine (C=N–C) groups is 1. The fraction of sp³-hybridized carbons (Fsp3) is 0.286. The molecule has 2 heterocycles. The number of phenols is 1. The van der Waals surface area contributed by atoms with E-state index in [1.165, 1.54) is 19.3 Å². The van der Waals surface area contributed by atoms with Crippen LogP contribution in [0, 0.1) is 5.92 Å². The highest BCUT2D eigenvalue weighted by Gasteiger charge is 2.27. The molecule has 0 spiro atoms. The van der Waals surface area contributed by atoms with Crippen molar-refractivity contribution in [3.8, 4) is 5.75 Å². The van der Waals surface area contributed by atoms with Gasteiger partial charge in [-0.2, -0.15) is 0 Å². The summed E-state index contributed by atoms with van der Waals surface area (Å²) in [5.41, 5.74) is 16.2. The van der Waals surface area contributed by atoms with Crippen LogP contribution in [0.3, 0.4) is 0 Å². The Morgan fingerprint density at radius 3 is 2.78 bits per heavy atom. The molecule has 0 bridgehead atoms. The van der Waals surface area contributed by atoms with E-state index in [9.17, 15) is 5.11 Å². The number of aromatic amines is 1. The van der Waals surface area contributed by atoms with Crippen LogP contribution in [0.4, 0.5) is 0 Å². The number of aromatic nitrogens is 1. The molecule has 1 fully saturated rings. The van der Waals surface area contributed by atoms with Crippen LogP contribution in [0.1, 0.15) is 37.8 Å². The minimum Gasteiger partial charge on any atom is -0.506 e. The third-order valence-electron chi connectivity index (χ3n) is 5.48. The molecular weight excluding hydrogens is 338 g/mol. The summed E-state index contributed by atoms with van der Waals surface area (Å²) in [4.78, 5) is 9.40. The lowest BCUT2D eigenvalue weighted by atomic mass is 9.86. The van der Waals surface area contributed by atoms with Gasteiger partial charge in [0.1, 0.15) is 17.3 Å². The Morgan fingerprint density at radius 2 is 2.04 bits per heavy atom. The molecule has 6 heteroatoms. The third-order valence-corrected chi connectivity index (χ3v) is 5.48. The highest BCUT2D eigenvalue weighted by molar-refractivity contribution is 6.04. The normalized spacial score (nSPS) is 20.0. The number of hydrogen-bond acceptors (Lipinski definition) is 5. The van der Waals surface area contributed by atoms with Gasteiger partial charge in [0.15, 0.2) is 0 Å². The van der Waals surface area contributed by atoms with Crippen molar-refractivity contribution in [2.75, 3.05) is 0 Å². The monoisotopic (exact) mass is 363 g/mol. The quantitative estimate of drug-likeness (QED) is 0.667. The molecule has 2 aliphatic rings. The largest absolute Gasteiger partial charge is 0.506 e. The van der Waals surface area contributed by atoms with E-state index in [0.29, 0.717) is 34.4 Å². The highest BCUT2D eigenvalue weighted by Crippen LogP contribution is 2.35. The Balaban J connectivity index is 1.76. The molecule has 6 nitrogen and oxygen atoms in total. The van der Waals surface area contributed by atoms with E-state index >= 15 is 0 Å².